The van der Waals surface area contributed by atoms with Gasteiger partial charge in [-0.25, -0.2) is 0 Å². The zero-order valence-corrected chi connectivity index (χ0v) is 15.7. The summed E-state index contributed by atoms with van der Waals surface area (Å²) in [4.78, 5) is 0. The minimum atomic E-state index is 1.18. The first-order valence-electron chi connectivity index (χ1n) is 10.0. The molecule has 1 aromatic carbocycles. The Hall–Kier alpha value is -1.04. The van der Waals surface area contributed by atoms with Gasteiger partial charge in [0.05, 0.1) is 0 Å². The summed E-state index contributed by atoms with van der Waals surface area (Å²) in [6.45, 7) is 4.50. The van der Waals surface area contributed by atoms with Gasteiger partial charge in [0, 0.05) is 0 Å². The number of allylic oxidation sites excluding steroid dienone is 2. The zero-order valence-electron chi connectivity index (χ0n) is 15.7. The predicted octanol–water partition coefficient (Wildman–Crippen LogP) is 7.79. The van der Waals surface area contributed by atoms with E-state index in [1.54, 1.807) is 0 Å². The lowest BCUT2D eigenvalue weighted by atomic mass is 10.0. The molecule has 0 saturated carbocycles. The first kappa shape index (κ1) is 20.0. The molecule has 0 spiro atoms. The summed E-state index contributed by atoms with van der Waals surface area (Å²) in [5.74, 6) is 0. The summed E-state index contributed by atoms with van der Waals surface area (Å²) >= 11 is 0. The molecule has 0 heteroatoms. The number of hydrogen-bond acceptors (Lipinski definition) is 0. The molecule has 0 heterocycles. The molecule has 130 valence electrons. The molecule has 1 aromatic rings. The summed E-state index contributed by atoms with van der Waals surface area (Å²) in [6, 6.07) is 8.74. The molecule has 0 saturated heterocycles. The average molecular weight is 315 g/mol. The maximum absolute atomic E-state index is 2.39. The molecule has 0 aliphatic heterocycles. The number of rotatable bonds is 14. The SMILES string of the molecule is CCCCCCCCCCCC/C=C/CCc1ccccc1C. The van der Waals surface area contributed by atoms with E-state index in [0.717, 1.165) is 0 Å². The van der Waals surface area contributed by atoms with Crippen molar-refractivity contribution in [2.75, 3.05) is 0 Å². The second kappa shape index (κ2) is 14.5. The van der Waals surface area contributed by atoms with Gasteiger partial charge in [-0.15, -0.1) is 0 Å². The Morgan fingerprint density at radius 1 is 0.696 bits per heavy atom. The lowest BCUT2D eigenvalue weighted by molar-refractivity contribution is 0.557. The smallest absolute Gasteiger partial charge is 0.0242 e. The minimum Gasteiger partial charge on any atom is -0.0885 e. The van der Waals surface area contributed by atoms with Crippen LogP contribution in [0.2, 0.25) is 0 Å². The molecule has 0 fully saturated rings. The number of unbranched alkanes of at least 4 members (excludes halogenated alkanes) is 10. The van der Waals surface area contributed by atoms with Crippen LogP contribution in [-0.2, 0) is 6.42 Å². The molecule has 0 N–H and O–H groups in total. The summed E-state index contributed by atoms with van der Waals surface area (Å²) in [5, 5.41) is 0. The Balaban J connectivity index is 1.86. The first-order chi connectivity index (χ1) is 11.3. The molecule has 0 unspecified atom stereocenters. The fourth-order valence-electron chi connectivity index (χ4n) is 3.11. The lowest BCUT2D eigenvalue weighted by Gasteiger charge is -2.02. The highest BCUT2D eigenvalue weighted by atomic mass is 14.0. The quantitative estimate of drug-likeness (QED) is 0.243. The highest BCUT2D eigenvalue weighted by Crippen LogP contribution is 2.12. The van der Waals surface area contributed by atoms with Crippen molar-refractivity contribution in [2.45, 2.75) is 97.3 Å². The van der Waals surface area contributed by atoms with Crippen molar-refractivity contribution in [3.63, 3.8) is 0 Å². The fourth-order valence-corrected chi connectivity index (χ4v) is 3.11. The molecule has 0 bridgehead atoms. The van der Waals surface area contributed by atoms with Crippen LogP contribution in [0.25, 0.3) is 0 Å². The number of benzene rings is 1. The van der Waals surface area contributed by atoms with E-state index in [4.69, 9.17) is 0 Å². The van der Waals surface area contributed by atoms with E-state index in [1.165, 1.54) is 94.6 Å². The van der Waals surface area contributed by atoms with Gasteiger partial charge in [-0.1, -0.05) is 101 Å². The molecule has 0 aliphatic carbocycles. The Morgan fingerprint density at radius 2 is 1.26 bits per heavy atom. The van der Waals surface area contributed by atoms with Gasteiger partial charge in [0.1, 0.15) is 0 Å². The van der Waals surface area contributed by atoms with Crippen LogP contribution in [-0.4, -0.2) is 0 Å². The van der Waals surface area contributed by atoms with Gasteiger partial charge in [0.2, 0.25) is 0 Å². The largest absolute Gasteiger partial charge is 0.0885 e. The summed E-state index contributed by atoms with van der Waals surface area (Å²) in [7, 11) is 0. The van der Waals surface area contributed by atoms with Crippen LogP contribution in [0.1, 0.15) is 95.1 Å². The van der Waals surface area contributed by atoms with E-state index in [0.29, 0.717) is 0 Å². The first-order valence-corrected chi connectivity index (χ1v) is 10.0. The van der Waals surface area contributed by atoms with Gasteiger partial charge in [0.15, 0.2) is 0 Å². The van der Waals surface area contributed by atoms with Crippen molar-refractivity contribution in [3.8, 4) is 0 Å². The predicted molar refractivity (Wildman–Crippen MR) is 105 cm³/mol. The zero-order chi connectivity index (χ0) is 16.6. The minimum absolute atomic E-state index is 1.18. The normalized spacial score (nSPS) is 11.4. The Kier molecular flexibility index (Phi) is 12.7. The molecular weight excluding hydrogens is 276 g/mol. The molecule has 1 rings (SSSR count). The summed E-state index contributed by atoms with van der Waals surface area (Å²) < 4.78 is 0. The fraction of sp³-hybridized carbons (Fsp3) is 0.652. The van der Waals surface area contributed by atoms with Crippen molar-refractivity contribution in [2.24, 2.45) is 0 Å². The van der Waals surface area contributed by atoms with E-state index in [9.17, 15) is 0 Å². The van der Waals surface area contributed by atoms with Gasteiger partial charge in [-0.3, -0.25) is 0 Å². The lowest BCUT2D eigenvalue weighted by Crippen LogP contribution is -1.87. The van der Waals surface area contributed by atoms with Crippen LogP contribution in [0.5, 0.6) is 0 Å². The molecule has 0 aliphatic rings. The summed E-state index contributed by atoms with van der Waals surface area (Å²) in [6.07, 6.45) is 22.7. The molecule has 0 nitrogen and oxygen atoms in total. The monoisotopic (exact) mass is 314 g/mol. The van der Waals surface area contributed by atoms with Crippen LogP contribution in [0.4, 0.5) is 0 Å². The van der Waals surface area contributed by atoms with E-state index in [2.05, 4.69) is 50.3 Å². The van der Waals surface area contributed by atoms with E-state index in [1.807, 2.05) is 0 Å². The van der Waals surface area contributed by atoms with Gasteiger partial charge in [-0.2, -0.15) is 0 Å². The molecule has 0 amide bonds. The van der Waals surface area contributed by atoms with Crippen molar-refractivity contribution >= 4 is 0 Å². The van der Waals surface area contributed by atoms with E-state index < -0.39 is 0 Å². The molecular formula is C23H38. The van der Waals surface area contributed by atoms with Gasteiger partial charge >= 0.3 is 0 Å². The number of hydrogen-bond donors (Lipinski definition) is 0. The third-order valence-electron chi connectivity index (χ3n) is 4.73. The van der Waals surface area contributed by atoms with Gasteiger partial charge in [0.25, 0.3) is 0 Å². The number of aryl methyl sites for hydroxylation is 2. The van der Waals surface area contributed by atoms with Crippen LogP contribution in [0.3, 0.4) is 0 Å². The van der Waals surface area contributed by atoms with Crippen LogP contribution in [0.15, 0.2) is 36.4 Å². The molecule has 0 aromatic heterocycles. The molecule has 0 atom stereocenters. The highest BCUT2D eigenvalue weighted by molar-refractivity contribution is 5.25. The van der Waals surface area contributed by atoms with E-state index >= 15 is 0 Å². The van der Waals surface area contributed by atoms with Crippen LogP contribution in [0, 0.1) is 6.92 Å². The molecule has 23 heavy (non-hydrogen) atoms. The van der Waals surface area contributed by atoms with Crippen molar-refractivity contribution < 1.29 is 0 Å². The van der Waals surface area contributed by atoms with Gasteiger partial charge < -0.3 is 0 Å². The topological polar surface area (TPSA) is 0 Å². The maximum atomic E-state index is 2.39. The Labute approximate surface area is 145 Å². The third-order valence-corrected chi connectivity index (χ3v) is 4.73. The van der Waals surface area contributed by atoms with Gasteiger partial charge in [-0.05, 0) is 43.7 Å². The second-order valence-corrected chi connectivity index (χ2v) is 6.91. The van der Waals surface area contributed by atoms with Crippen LogP contribution >= 0.6 is 0 Å². The summed E-state index contributed by atoms with van der Waals surface area (Å²) in [5.41, 5.74) is 2.92. The van der Waals surface area contributed by atoms with Crippen molar-refractivity contribution in [1.29, 1.82) is 0 Å². The standard InChI is InChI=1S/C23H38/c1-3-4-5-6-7-8-9-10-11-12-13-14-15-16-20-23-21-18-17-19-22(23)2/h14-15,17-19,21H,3-13,16,20H2,1-2H3/b15-14+. The molecule has 0 radical (unpaired) electrons. The van der Waals surface area contributed by atoms with Crippen LogP contribution < -0.4 is 0 Å². The van der Waals surface area contributed by atoms with Crippen molar-refractivity contribution in [3.05, 3.63) is 47.5 Å². The second-order valence-electron chi connectivity index (χ2n) is 6.91. The maximum Gasteiger partial charge on any atom is -0.0242 e. The Bertz CT molecular complexity index is 402. The Morgan fingerprint density at radius 3 is 1.91 bits per heavy atom. The van der Waals surface area contributed by atoms with E-state index in [-0.39, 0.29) is 0 Å². The third kappa shape index (κ3) is 11.2. The highest BCUT2D eigenvalue weighted by Gasteiger charge is 1.95. The average Bonchev–Trinajstić information content (AvgIpc) is 2.57. The van der Waals surface area contributed by atoms with Crippen molar-refractivity contribution in [1.82, 2.24) is 0 Å².